The zero-order chi connectivity index (χ0) is 18.0. The molecule has 0 aromatic heterocycles. The molecule has 0 aliphatic carbocycles. The second-order valence-corrected chi connectivity index (χ2v) is 7.41. The molecule has 0 unspecified atom stereocenters. The highest BCUT2D eigenvalue weighted by Gasteiger charge is 2.34. The van der Waals surface area contributed by atoms with E-state index in [0.717, 1.165) is 22.4 Å². The molecule has 1 fully saturated rings. The van der Waals surface area contributed by atoms with Crippen molar-refractivity contribution < 1.29 is 9.59 Å². The molecule has 3 rings (SSSR count). The average molecular weight is 375 g/mol. The summed E-state index contributed by atoms with van der Waals surface area (Å²) in [6.45, 7) is 4.07. The molecule has 130 valence electrons. The van der Waals surface area contributed by atoms with Gasteiger partial charge in [-0.15, -0.1) is 23.4 Å². The second-order valence-electron chi connectivity index (χ2n) is 6.08. The van der Waals surface area contributed by atoms with Crippen molar-refractivity contribution in [1.29, 1.82) is 0 Å². The minimum atomic E-state index is -0.239. The molecule has 1 saturated heterocycles. The van der Waals surface area contributed by atoms with E-state index in [9.17, 15) is 9.59 Å². The lowest BCUT2D eigenvalue weighted by atomic mass is 10.1. The van der Waals surface area contributed by atoms with Gasteiger partial charge in [0.05, 0.1) is 5.75 Å². The molecule has 4 nitrogen and oxygen atoms in total. The summed E-state index contributed by atoms with van der Waals surface area (Å²) in [5.74, 6) is 0.258. The fraction of sp³-hybridized carbons (Fsp3) is 0.263. The topological polar surface area (TPSA) is 49.4 Å². The van der Waals surface area contributed by atoms with Crippen molar-refractivity contribution in [2.75, 3.05) is 21.8 Å². The van der Waals surface area contributed by atoms with E-state index in [1.165, 1.54) is 0 Å². The Morgan fingerprint density at radius 3 is 2.44 bits per heavy atom. The normalized spacial score (nSPS) is 17.0. The highest BCUT2D eigenvalue weighted by atomic mass is 35.5. The van der Waals surface area contributed by atoms with E-state index < -0.39 is 0 Å². The van der Waals surface area contributed by atoms with Gasteiger partial charge in [-0.05, 0) is 54.8 Å². The smallest absolute Gasteiger partial charge is 0.239 e. The number of aryl methyl sites for hydroxylation is 2. The van der Waals surface area contributed by atoms with Gasteiger partial charge >= 0.3 is 0 Å². The van der Waals surface area contributed by atoms with E-state index >= 15 is 0 Å². The van der Waals surface area contributed by atoms with E-state index in [4.69, 9.17) is 11.6 Å². The van der Waals surface area contributed by atoms with Crippen LogP contribution < -0.4 is 10.2 Å². The van der Waals surface area contributed by atoms with Crippen LogP contribution in [0.15, 0.2) is 42.5 Å². The first-order chi connectivity index (χ1) is 12.0. The molecule has 1 aliphatic rings. The summed E-state index contributed by atoms with van der Waals surface area (Å²) in [5, 5.41) is 2.65. The zero-order valence-electron chi connectivity index (χ0n) is 14.1. The number of amides is 2. The average Bonchev–Trinajstić information content (AvgIpc) is 2.96. The highest BCUT2D eigenvalue weighted by Crippen LogP contribution is 2.42. The van der Waals surface area contributed by atoms with Gasteiger partial charge in [0.2, 0.25) is 11.8 Å². The van der Waals surface area contributed by atoms with Crippen molar-refractivity contribution in [2.24, 2.45) is 0 Å². The third kappa shape index (κ3) is 3.99. The summed E-state index contributed by atoms with van der Waals surface area (Å²) in [7, 11) is 0. The predicted octanol–water partition coefficient (Wildman–Crippen LogP) is 4.26. The number of nitrogens with one attached hydrogen (secondary N) is 1. The van der Waals surface area contributed by atoms with Crippen LogP contribution in [0.3, 0.4) is 0 Å². The number of hydrogen-bond acceptors (Lipinski definition) is 3. The number of benzene rings is 2. The minimum absolute atomic E-state index is 0.0634. The predicted molar refractivity (Wildman–Crippen MR) is 104 cm³/mol. The molecule has 2 amide bonds. The first-order valence-electron chi connectivity index (χ1n) is 7.95. The van der Waals surface area contributed by atoms with Crippen LogP contribution in [0.4, 0.5) is 11.4 Å². The van der Waals surface area contributed by atoms with Gasteiger partial charge in [-0.25, -0.2) is 0 Å². The second kappa shape index (κ2) is 7.50. The highest BCUT2D eigenvalue weighted by molar-refractivity contribution is 8.00. The molecular weight excluding hydrogens is 356 g/mol. The van der Waals surface area contributed by atoms with Crippen LogP contribution in [0.25, 0.3) is 0 Å². The standard InChI is InChI=1S/C19H19ClN2O2S/c1-12-7-13(2)9-16(8-12)22-18(24)11-25-19(22)14-3-5-15(6-4-14)21-17(23)10-20/h3-9,19H,10-11H2,1-2H3,(H,21,23)/t19-/m1/s1. The van der Waals surface area contributed by atoms with Gasteiger partial charge in [-0.1, -0.05) is 18.2 Å². The monoisotopic (exact) mass is 374 g/mol. The van der Waals surface area contributed by atoms with Crippen LogP contribution in [0, 0.1) is 13.8 Å². The molecule has 2 aromatic rings. The SMILES string of the molecule is Cc1cc(C)cc(N2C(=O)CS[C@@H]2c2ccc(NC(=O)CCl)cc2)c1. The van der Waals surface area contributed by atoms with Crippen molar-refractivity contribution in [1.82, 2.24) is 0 Å². The molecular formula is C19H19ClN2O2S. The Hall–Kier alpha value is -1.98. The number of hydrogen-bond donors (Lipinski definition) is 1. The first-order valence-corrected chi connectivity index (χ1v) is 9.54. The number of carbonyl (C=O) groups excluding carboxylic acids is 2. The summed E-state index contributed by atoms with van der Waals surface area (Å²) < 4.78 is 0. The molecule has 25 heavy (non-hydrogen) atoms. The Bertz CT molecular complexity index is 787. The van der Waals surface area contributed by atoms with Crippen LogP contribution in [0.2, 0.25) is 0 Å². The Morgan fingerprint density at radius 1 is 1.20 bits per heavy atom. The number of nitrogens with zero attached hydrogens (tertiary/aromatic N) is 1. The van der Waals surface area contributed by atoms with Crippen molar-refractivity contribution in [3.63, 3.8) is 0 Å². The summed E-state index contributed by atoms with van der Waals surface area (Å²) >= 11 is 7.12. The van der Waals surface area contributed by atoms with Crippen molar-refractivity contribution >= 4 is 46.6 Å². The van der Waals surface area contributed by atoms with Gasteiger partial charge in [0, 0.05) is 11.4 Å². The number of carbonyl (C=O) groups is 2. The van der Waals surface area contributed by atoms with Crippen LogP contribution in [-0.2, 0) is 9.59 Å². The van der Waals surface area contributed by atoms with Crippen LogP contribution in [0.1, 0.15) is 22.1 Å². The van der Waals surface area contributed by atoms with Gasteiger partial charge in [0.25, 0.3) is 0 Å². The fourth-order valence-electron chi connectivity index (χ4n) is 2.96. The van der Waals surface area contributed by atoms with Crippen LogP contribution >= 0.6 is 23.4 Å². The summed E-state index contributed by atoms with van der Waals surface area (Å²) in [5.41, 5.74) is 4.92. The van der Waals surface area contributed by atoms with Gasteiger partial charge in [-0.2, -0.15) is 0 Å². The fourth-order valence-corrected chi connectivity index (χ4v) is 4.21. The number of alkyl halides is 1. The Morgan fingerprint density at radius 2 is 1.84 bits per heavy atom. The van der Waals surface area contributed by atoms with Crippen molar-refractivity contribution in [3.05, 3.63) is 59.2 Å². The quantitative estimate of drug-likeness (QED) is 0.813. The third-order valence-corrected chi connectivity index (χ3v) is 5.41. The molecule has 6 heteroatoms. The molecule has 1 aliphatic heterocycles. The van der Waals surface area contributed by atoms with E-state index in [0.29, 0.717) is 11.4 Å². The van der Waals surface area contributed by atoms with E-state index in [1.54, 1.807) is 11.8 Å². The molecule has 0 radical (unpaired) electrons. The molecule has 2 aromatic carbocycles. The number of thioether (sulfide) groups is 1. The number of anilines is 2. The van der Waals surface area contributed by atoms with Gasteiger partial charge in [-0.3, -0.25) is 14.5 Å². The minimum Gasteiger partial charge on any atom is -0.325 e. The van der Waals surface area contributed by atoms with Gasteiger partial charge in [0.15, 0.2) is 0 Å². The van der Waals surface area contributed by atoms with E-state index in [2.05, 4.69) is 11.4 Å². The maximum absolute atomic E-state index is 12.5. The van der Waals surface area contributed by atoms with Crippen LogP contribution in [0.5, 0.6) is 0 Å². The Kier molecular flexibility index (Phi) is 5.35. The summed E-state index contributed by atoms with van der Waals surface area (Å²) in [6, 6.07) is 13.7. The summed E-state index contributed by atoms with van der Waals surface area (Å²) in [4.78, 5) is 25.7. The Labute approximate surface area is 156 Å². The third-order valence-electron chi connectivity index (χ3n) is 3.95. The first kappa shape index (κ1) is 17.8. The van der Waals surface area contributed by atoms with Crippen molar-refractivity contribution in [3.8, 4) is 0 Å². The van der Waals surface area contributed by atoms with E-state index in [-0.39, 0.29) is 23.1 Å². The van der Waals surface area contributed by atoms with Crippen LogP contribution in [-0.4, -0.2) is 23.4 Å². The number of halogens is 1. The molecule has 1 atom stereocenters. The lowest BCUT2D eigenvalue weighted by molar-refractivity contribution is -0.116. The van der Waals surface area contributed by atoms with Crippen molar-refractivity contribution in [2.45, 2.75) is 19.2 Å². The molecule has 0 bridgehead atoms. The molecule has 0 saturated carbocycles. The summed E-state index contributed by atoms with van der Waals surface area (Å²) in [6.07, 6.45) is 0. The lowest BCUT2D eigenvalue weighted by Gasteiger charge is -2.25. The van der Waals surface area contributed by atoms with Gasteiger partial charge < -0.3 is 5.32 Å². The van der Waals surface area contributed by atoms with Gasteiger partial charge in [0.1, 0.15) is 11.3 Å². The molecule has 0 spiro atoms. The molecule has 1 N–H and O–H groups in total. The Balaban J connectivity index is 1.87. The maximum Gasteiger partial charge on any atom is 0.239 e. The zero-order valence-corrected chi connectivity index (χ0v) is 15.7. The maximum atomic E-state index is 12.5. The molecule has 1 heterocycles. The largest absolute Gasteiger partial charge is 0.325 e. The van der Waals surface area contributed by atoms with E-state index in [1.807, 2.05) is 55.1 Å². The number of rotatable bonds is 4. The lowest BCUT2D eigenvalue weighted by Crippen LogP contribution is -2.28.